The number of carbonyl (C=O) groups is 2. The van der Waals surface area contributed by atoms with Crippen molar-refractivity contribution in [2.24, 2.45) is 5.92 Å². The summed E-state index contributed by atoms with van der Waals surface area (Å²) < 4.78 is 0. The molecule has 86 valence electrons. The van der Waals surface area contributed by atoms with E-state index in [0.717, 1.165) is 30.4 Å². The average molecular weight is 219 g/mol. The zero-order valence-corrected chi connectivity index (χ0v) is 9.96. The molecule has 0 bridgehead atoms. The number of Topliss-reactive ketones (excluding diaryl/α,β-unsaturated/α-hetero) is 1. The Labute approximate surface area is 95.2 Å². The molecule has 0 saturated heterocycles. The fraction of sp³-hybridized carbons (Fsp3) is 0.538. The third kappa shape index (κ3) is 1.70. The summed E-state index contributed by atoms with van der Waals surface area (Å²) in [6.07, 6.45) is 2.83. The first-order valence-electron chi connectivity index (χ1n) is 5.78. The smallest absolute Gasteiger partial charge is 0.182 e. The van der Waals surface area contributed by atoms with Crippen LogP contribution in [0.2, 0.25) is 0 Å². The van der Waals surface area contributed by atoms with E-state index in [1.54, 1.807) is 0 Å². The second-order valence-electron chi connectivity index (χ2n) is 4.86. The van der Waals surface area contributed by atoms with E-state index in [0.29, 0.717) is 11.3 Å². The number of hydrogen-bond acceptors (Lipinski definition) is 2. The van der Waals surface area contributed by atoms with Crippen molar-refractivity contribution >= 4 is 12.1 Å². The lowest BCUT2D eigenvalue weighted by atomic mass is 10.0. The van der Waals surface area contributed by atoms with Gasteiger partial charge in [-0.2, -0.15) is 0 Å². The van der Waals surface area contributed by atoms with Gasteiger partial charge in [0.2, 0.25) is 0 Å². The van der Waals surface area contributed by atoms with E-state index in [4.69, 9.17) is 0 Å². The van der Waals surface area contributed by atoms with Gasteiger partial charge in [-0.25, -0.2) is 0 Å². The van der Waals surface area contributed by atoms with Crippen LogP contribution in [0.4, 0.5) is 0 Å². The molecule has 0 aliphatic heterocycles. The molecule has 16 heavy (non-hydrogen) atoms. The van der Waals surface area contributed by atoms with Gasteiger partial charge in [-0.15, -0.1) is 0 Å². The summed E-state index contributed by atoms with van der Waals surface area (Å²) in [6.45, 7) is 5.88. The molecule has 3 heteroatoms. The van der Waals surface area contributed by atoms with Crippen LogP contribution in [-0.4, -0.2) is 17.1 Å². The number of rotatable bonds is 4. The Balaban J connectivity index is 2.46. The van der Waals surface area contributed by atoms with Crippen molar-refractivity contribution < 1.29 is 9.59 Å². The molecular formula is C13H17NO2. The van der Waals surface area contributed by atoms with Crippen LogP contribution in [0, 0.1) is 12.8 Å². The first kappa shape index (κ1) is 11.1. The first-order chi connectivity index (χ1) is 7.56. The van der Waals surface area contributed by atoms with Crippen LogP contribution >= 0.6 is 0 Å². The van der Waals surface area contributed by atoms with Gasteiger partial charge in [-0.05, 0) is 31.2 Å². The number of carbonyl (C=O) groups excluding carboxylic acids is 2. The van der Waals surface area contributed by atoms with Crippen LogP contribution in [0.3, 0.4) is 0 Å². The quantitative estimate of drug-likeness (QED) is 0.625. The summed E-state index contributed by atoms with van der Waals surface area (Å²) in [4.78, 5) is 26.2. The molecular weight excluding hydrogens is 202 g/mol. The number of ketones is 1. The minimum absolute atomic E-state index is 0.174. The van der Waals surface area contributed by atoms with Crippen molar-refractivity contribution in [2.45, 2.75) is 39.5 Å². The molecule has 0 aromatic carbocycles. The summed E-state index contributed by atoms with van der Waals surface area (Å²) in [7, 11) is 0. The van der Waals surface area contributed by atoms with Crippen molar-refractivity contribution in [1.29, 1.82) is 0 Å². The molecule has 0 spiro atoms. The van der Waals surface area contributed by atoms with Crippen LogP contribution in [0.25, 0.3) is 0 Å². The predicted molar refractivity (Wildman–Crippen MR) is 62.1 cm³/mol. The van der Waals surface area contributed by atoms with Crippen LogP contribution in [0.5, 0.6) is 0 Å². The third-order valence-electron chi connectivity index (χ3n) is 3.22. The van der Waals surface area contributed by atoms with E-state index in [-0.39, 0.29) is 17.6 Å². The molecule has 1 heterocycles. The second kappa shape index (κ2) is 3.89. The minimum atomic E-state index is 0.174. The van der Waals surface area contributed by atoms with E-state index < -0.39 is 0 Å². The van der Waals surface area contributed by atoms with Crippen molar-refractivity contribution in [2.75, 3.05) is 0 Å². The molecule has 1 saturated carbocycles. The predicted octanol–water partition coefficient (Wildman–Crippen LogP) is 2.85. The van der Waals surface area contributed by atoms with Gasteiger partial charge in [0.15, 0.2) is 12.1 Å². The molecule has 1 aliphatic carbocycles. The molecule has 1 aromatic rings. The van der Waals surface area contributed by atoms with E-state index in [2.05, 4.69) is 4.98 Å². The molecule has 1 aromatic heterocycles. The monoisotopic (exact) mass is 219 g/mol. The maximum Gasteiger partial charge on any atom is 0.182 e. The molecule has 1 aliphatic rings. The van der Waals surface area contributed by atoms with Gasteiger partial charge in [0, 0.05) is 17.2 Å². The summed E-state index contributed by atoms with van der Waals surface area (Å²) in [5.41, 5.74) is 3.01. The second-order valence-corrected chi connectivity index (χ2v) is 4.86. The molecule has 2 rings (SSSR count). The highest BCUT2D eigenvalue weighted by molar-refractivity contribution is 6.01. The Kier molecular flexibility index (Phi) is 2.70. The van der Waals surface area contributed by atoms with Crippen LogP contribution < -0.4 is 0 Å². The maximum atomic E-state index is 12.0. The maximum absolute atomic E-state index is 12.0. The van der Waals surface area contributed by atoms with Gasteiger partial charge in [-0.1, -0.05) is 13.8 Å². The molecule has 0 radical (unpaired) electrons. The number of nitrogens with one attached hydrogen (secondary N) is 1. The van der Waals surface area contributed by atoms with Crippen LogP contribution in [0.1, 0.15) is 64.7 Å². The van der Waals surface area contributed by atoms with Crippen molar-refractivity contribution in [1.82, 2.24) is 4.98 Å². The summed E-state index contributed by atoms with van der Waals surface area (Å²) in [5.74, 6) is 0.601. The SMILES string of the molecule is Cc1c(C(=O)C2CC2)[nH]c(C(C)C)c1C=O. The largest absolute Gasteiger partial charge is 0.355 e. The van der Waals surface area contributed by atoms with E-state index in [1.807, 2.05) is 20.8 Å². The number of aromatic amines is 1. The van der Waals surface area contributed by atoms with Gasteiger partial charge in [0.05, 0.1) is 5.69 Å². The molecule has 1 fully saturated rings. The van der Waals surface area contributed by atoms with Crippen molar-refractivity contribution in [3.8, 4) is 0 Å². The summed E-state index contributed by atoms with van der Waals surface area (Å²) >= 11 is 0. The lowest BCUT2D eigenvalue weighted by molar-refractivity contribution is 0.0962. The van der Waals surface area contributed by atoms with Gasteiger partial charge in [-0.3, -0.25) is 9.59 Å². The molecule has 0 unspecified atom stereocenters. The van der Waals surface area contributed by atoms with Gasteiger partial charge >= 0.3 is 0 Å². The molecule has 0 amide bonds. The van der Waals surface area contributed by atoms with E-state index in [1.165, 1.54) is 0 Å². The molecule has 3 nitrogen and oxygen atoms in total. The number of aromatic nitrogens is 1. The summed E-state index contributed by atoms with van der Waals surface area (Å²) in [5, 5.41) is 0. The number of aldehydes is 1. The Hall–Kier alpha value is -1.38. The van der Waals surface area contributed by atoms with E-state index >= 15 is 0 Å². The van der Waals surface area contributed by atoms with Gasteiger partial charge < -0.3 is 4.98 Å². The fourth-order valence-electron chi connectivity index (χ4n) is 2.04. The minimum Gasteiger partial charge on any atom is -0.355 e. The number of hydrogen-bond donors (Lipinski definition) is 1. The summed E-state index contributed by atoms with van der Waals surface area (Å²) in [6, 6.07) is 0. The molecule has 1 N–H and O–H groups in total. The Morgan fingerprint density at radius 1 is 1.44 bits per heavy atom. The van der Waals surface area contributed by atoms with Gasteiger partial charge in [0.25, 0.3) is 0 Å². The molecule has 0 atom stereocenters. The normalized spacial score (nSPS) is 15.5. The first-order valence-corrected chi connectivity index (χ1v) is 5.78. The highest BCUT2D eigenvalue weighted by atomic mass is 16.1. The standard InChI is InChI=1S/C13H17NO2/c1-7(2)11-10(6-15)8(3)12(14-11)13(16)9-4-5-9/h6-7,9,14H,4-5H2,1-3H3. The highest BCUT2D eigenvalue weighted by Gasteiger charge is 2.33. The van der Waals surface area contributed by atoms with E-state index in [9.17, 15) is 9.59 Å². The number of H-pyrrole nitrogens is 1. The lowest BCUT2D eigenvalue weighted by Crippen LogP contribution is -2.04. The van der Waals surface area contributed by atoms with Gasteiger partial charge in [0.1, 0.15) is 0 Å². The van der Waals surface area contributed by atoms with Crippen molar-refractivity contribution in [3.05, 3.63) is 22.5 Å². The zero-order chi connectivity index (χ0) is 11.9. The van der Waals surface area contributed by atoms with Crippen LogP contribution in [0.15, 0.2) is 0 Å². The van der Waals surface area contributed by atoms with Crippen molar-refractivity contribution in [3.63, 3.8) is 0 Å². The highest BCUT2D eigenvalue weighted by Crippen LogP contribution is 2.34. The lowest BCUT2D eigenvalue weighted by Gasteiger charge is -2.02. The Bertz CT molecular complexity index is 439. The zero-order valence-electron chi connectivity index (χ0n) is 9.96. The average Bonchev–Trinajstić information content (AvgIpc) is 3.01. The topological polar surface area (TPSA) is 49.9 Å². The third-order valence-corrected chi connectivity index (χ3v) is 3.22. The Morgan fingerprint density at radius 2 is 2.06 bits per heavy atom. The Morgan fingerprint density at radius 3 is 2.44 bits per heavy atom. The fourth-order valence-corrected chi connectivity index (χ4v) is 2.04. The van der Waals surface area contributed by atoms with Crippen LogP contribution in [-0.2, 0) is 0 Å².